The van der Waals surface area contributed by atoms with Crippen LogP contribution in [0.25, 0.3) is 5.57 Å². The van der Waals surface area contributed by atoms with Crippen LogP contribution in [-0.4, -0.2) is 23.6 Å². The summed E-state index contributed by atoms with van der Waals surface area (Å²) in [6.07, 6.45) is 6.81. The maximum Gasteiger partial charge on any atom is 0.337 e. The zero-order valence-corrected chi connectivity index (χ0v) is 16.4. The predicted octanol–water partition coefficient (Wildman–Crippen LogP) is 5.32. The summed E-state index contributed by atoms with van der Waals surface area (Å²) in [6, 6.07) is 10.6. The number of carboxylic acid groups (broad SMARTS) is 1. The van der Waals surface area contributed by atoms with Crippen molar-refractivity contribution in [1.29, 1.82) is 0 Å². The highest BCUT2D eigenvalue weighted by Crippen LogP contribution is 2.29. The number of aryl methyl sites for hydroxylation is 1. The SMILES string of the molecule is Cc1cc(Cl)cc(C(=O)O)c1NC(=O)COc1cccc(C2=CCCCC2)c1. The molecule has 0 unspecified atom stereocenters. The summed E-state index contributed by atoms with van der Waals surface area (Å²) in [5, 5.41) is 12.3. The van der Waals surface area contributed by atoms with E-state index < -0.39 is 11.9 Å². The first kappa shape index (κ1) is 20.0. The van der Waals surface area contributed by atoms with Gasteiger partial charge in [0.15, 0.2) is 6.61 Å². The molecule has 2 aromatic rings. The van der Waals surface area contributed by atoms with Crippen molar-refractivity contribution >= 4 is 34.7 Å². The maximum atomic E-state index is 12.3. The van der Waals surface area contributed by atoms with E-state index in [4.69, 9.17) is 16.3 Å². The van der Waals surface area contributed by atoms with Crippen LogP contribution in [0.15, 0.2) is 42.5 Å². The Bertz CT molecular complexity index is 936. The first-order valence-corrected chi connectivity index (χ1v) is 9.57. The first-order chi connectivity index (χ1) is 13.4. The average molecular weight is 400 g/mol. The van der Waals surface area contributed by atoms with Crippen LogP contribution in [0.2, 0.25) is 5.02 Å². The molecule has 0 saturated heterocycles. The molecule has 0 saturated carbocycles. The van der Waals surface area contributed by atoms with Gasteiger partial charge in [0.1, 0.15) is 5.75 Å². The molecule has 0 spiro atoms. The summed E-state index contributed by atoms with van der Waals surface area (Å²) >= 11 is 5.92. The number of halogens is 1. The number of carbonyl (C=O) groups excluding carboxylic acids is 1. The van der Waals surface area contributed by atoms with Crippen LogP contribution in [0.4, 0.5) is 5.69 Å². The number of anilines is 1. The summed E-state index contributed by atoms with van der Waals surface area (Å²) in [6.45, 7) is 1.47. The van der Waals surface area contributed by atoms with Crippen molar-refractivity contribution in [2.75, 3.05) is 11.9 Å². The number of aromatic carboxylic acids is 1. The highest BCUT2D eigenvalue weighted by atomic mass is 35.5. The number of nitrogens with one attached hydrogen (secondary N) is 1. The molecule has 0 fully saturated rings. The fraction of sp³-hybridized carbons (Fsp3) is 0.273. The second-order valence-electron chi connectivity index (χ2n) is 6.79. The van der Waals surface area contributed by atoms with Crippen LogP contribution in [-0.2, 0) is 4.79 Å². The molecule has 28 heavy (non-hydrogen) atoms. The van der Waals surface area contributed by atoms with Crippen LogP contribution >= 0.6 is 11.6 Å². The quantitative estimate of drug-likeness (QED) is 0.689. The third-order valence-electron chi connectivity index (χ3n) is 4.66. The monoisotopic (exact) mass is 399 g/mol. The topological polar surface area (TPSA) is 75.6 Å². The predicted molar refractivity (Wildman–Crippen MR) is 110 cm³/mol. The summed E-state index contributed by atoms with van der Waals surface area (Å²) in [5.74, 6) is -0.990. The molecule has 6 heteroatoms. The number of allylic oxidation sites excluding steroid dienone is 2. The summed E-state index contributed by atoms with van der Waals surface area (Å²) in [7, 11) is 0. The van der Waals surface area contributed by atoms with Crippen LogP contribution in [0, 0.1) is 6.92 Å². The Labute approximate surface area is 169 Å². The normalized spacial score (nSPS) is 13.6. The molecule has 1 aliphatic rings. The molecule has 2 N–H and O–H groups in total. The van der Waals surface area contributed by atoms with Gasteiger partial charge < -0.3 is 15.2 Å². The largest absolute Gasteiger partial charge is 0.484 e. The van der Waals surface area contributed by atoms with Crippen molar-refractivity contribution < 1.29 is 19.4 Å². The molecule has 2 aromatic carbocycles. The van der Waals surface area contributed by atoms with Gasteiger partial charge in [-0.3, -0.25) is 4.79 Å². The van der Waals surface area contributed by atoms with Gasteiger partial charge in [-0.1, -0.05) is 29.8 Å². The van der Waals surface area contributed by atoms with E-state index in [0.29, 0.717) is 16.3 Å². The lowest BCUT2D eigenvalue weighted by atomic mass is 9.94. The van der Waals surface area contributed by atoms with Gasteiger partial charge in [-0.15, -0.1) is 0 Å². The van der Waals surface area contributed by atoms with E-state index in [1.54, 1.807) is 19.1 Å². The Balaban J connectivity index is 1.67. The van der Waals surface area contributed by atoms with Gasteiger partial charge >= 0.3 is 5.97 Å². The number of hydrogen-bond donors (Lipinski definition) is 2. The number of benzene rings is 2. The summed E-state index contributed by atoms with van der Waals surface area (Å²) in [4.78, 5) is 23.7. The minimum atomic E-state index is -1.16. The molecular weight excluding hydrogens is 378 g/mol. The van der Waals surface area contributed by atoms with Crippen LogP contribution in [0.3, 0.4) is 0 Å². The lowest BCUT2D eigenvalue weighted by Gasteiger charge is -2.15. The zero-order valence-electron chi connectivity index (χ0n) is 15.6. The van der Waals surface area contributed by atoms with E-state index in [9.17, 15) is 14.7 Å². The van der Waals surface area contributed by atoms with Gasteiger partial charge in [-0.05, 0) is 73.6 Å². The molecule has 0 aromatic heterocycles. The third-order valence-corrected chi connectivity index (χ3v) is 4.88. The number of ether oxygens (including phenoxy) is 1. The van der Waals surface area contributed by atoms with Crippen molar-refractivity contribution in [2.45, 2.75) is 32.6 Å². The molecule has 3 rings (SSSR count). The Morgan fingerprint density at radius 3 is 2.75 bits per heavy atom. The van der Waals surface area contributed by atoms with Crippen molar-refractivity contribution in [3.05, 3.63) is 64.2 Å². The zero-order chi connectivity index (χ0) is 20.1. The second kappa shape index (κ2) is 8.93. The second-order valence-corrected chi connectivity index (χ2v) is 7.23. The average Bonchev–Trinajstić information content (AvgIpc) is 2.69. The molecule has 0 bridgehead atoms. The molecule has 5 nitrogen and oxygen atoms in total. The Hall–Kier alpha value is -2.79. The van der Waals surface area contributed by atoms with E-state index >= 15 is 0 Å². The van der Waals surface area contributed by atoms with Gasteiger partial charge in [-0.25, -0.2) is 4.79 Å². The Kier molecular flexibility index (Phi) is 6.37. The van der Waals surface area contributed by atoms with E-state index in [2.05, 4.69) is 11.4 Å². The third kappa shape index (κ3) is 4.93. The fourth-order valence-electron chi connectivity index (χ4n) is 3.29. The number of amides is 1. The first-order valence-electron chi connectivity index (χ1n) is 9.19. The van der Waals surface area contributed by atoms with E-state index in [0.717, 1.165) is 18.4 Å². The minimum absolute atomic E-state index is 0.0513. The van der Waals surface area contributed by atoms with Gasteiger partial charge in [0.25, 0.3) is 5.91 Å². The molecule has 146 valence electrons. The van der Waals surface area contributed by atoms with E-state index in [1.165, 1.54) is 24.5 Å². The molecule has 1 amide bonds. The van der Waals surface area contributed by atoms with Crippen LogP contribution < -0.4 is 10.1 Å². The van der Waals surface area contributed by atoms with Gasteiger partial charge in [-0.2, -0.15) is 0 Å². The highest BCUT2D eigenvalue weighted by Gasteiger charge is 2.16. The van der Waals surface area contributed by atoms with Crippen molar-refractivity contribution in [1.82, 2.24) is 0 Å². The van der Waals surface area contributed by atoms with Crippen molar-refractivity contribution in [3.63, 3.8) is 0 Å². The van der Waals surface area contributed by atoms with E-state index in [1.807, 2.05) is 18.2 Å². The molecule has 0 aliphatic heterocycles. The summed E-state index contributed by atoms with van der Waals surface area (Å²) in [5.41, 5.74) is 3.17. The Morgan fingerprint density at radius 1 is 1.21 bits per heavy atom. The highest BCUT2D eigenvalue weighted by molar-refractivity contribution is 6.31. The molecule has 0 radical (unpaired) electrons. The van der Waals surface area contributed by atoms with Crippen molar-refractivity contribution in [3.8, 4) is 5.75 Å². The minimum Gasteiger partial charge on any atom is -0.484 e. The standard InChI is InChI=1S/C22H22ClNO4/c1-14-10-17(23)12-19(22(26)27)21(14)24-20(25)13-28-18-9-5-8-16(11-18)15-6-3-2-4-7-15/h5-6,8-12H,2-4,7,13H2,1H3,(H,24,25)(H,26,27). The summed E-state index contributed by atoms with van der Waals surface area (Å²) < 4.78 is 5.62. The van der Waals surface area contributed by atoms with Gasteiger partial charge in [0, 0.05) is 5.02 Å². The number of carboxylic acids is 1. The number of rotatable bonds is 6. The molecule has 0 heterocycles. The smallest absolute Gasteiger partial charge is 0.337 e. The molecule has 0 atom stereocenters. The number of carbonyl (C=O) groups is 2. The van der Waals surface area contributed by atoms with Crippen LogP contribution in [0.1, 0.15) is 47.2 Å². The fourth-order valence-corrected chi connectivity index (χ4v) is 3.56. The Morgan fingerprint density at radius 2 is 2.04 bits per heavy atom. The van der Waals surface area contributed by atoms with E-state index in [-0.39, 0.29) is 17.9 Å². The van der Waals surface area contributed by atoms with Gasteiger partial charge in [0.2, 0.25) is 0 Å². The maximum absolute atomic E-state index is 12.3. The van der Waals surface area contributed by atoms with Crippen molar-refractivity contribution in [2.24, 2.45) is 0 Å². The van der Waals surface area contributed by atoms with Gasteiger partial charge in [0.05, 0.1) is 11.3 Å². The van der Waals surface area contributed by atoms with Crippen LogP contribution in [0.5, 0.6) is 5.75 Å². The number of hydrogen-bond acceptors (Lipinski definition) is 3. The lowest BCUT2D eigenvalue weighted by molar-refractivity contribution is -0.118. The lowest BCUT2D eigenvalue weighted by Crippen LogP contribution is -2.22. The molecular formula is C22H22ClNO4. The molecule has 1 aliphatic carbocycles.